The zero-order chi connectivity index (χ0) is 20.6. The summed E-state index contributed by atoms with van der Waals surface area (Å²) in [4.78, 5) is 21.6. The molecule has 0 aliphatic heterocycles. The first kappa shape index (κ1) is 21.8. The number of aliphatic hydroxyl groups is 1. The summed E-state index contributed by atoms with van der Waals surface area (Å²) in [6, 6.07) is 0. The Morgan fingerprint density at radius 3 is 2.66 bits per heavy atom. The van der Waals surface area contributed by atoms with Crippen LogP contribution in [0.1, 0.15) is 77.6 Å². The van der Waals surface area contributed by atoms with Crippen LogP contribution in [0, 0.1) is 45.8 Å². The largest absolute Gasteiger partial charge is 0.393 e. The van der Waals surface area contributed by atoms with Crippen molar-refractivity contribution in [2.24, 2.45) is 46.1 Å². The third-order valence-electron chi connectivity index (χ3n) is 9.38. The Morgan fingerprint density at radius 1 is 1.10 bits per heavy atom. The van der Waals surface area contributed by atoms with Gasteiger partial charge in [-0.2, -0.15) is 0 Å². The molecule has 0 saturated heterocycles. The third-order valence-corrected chi connectivity index (χ3v) is 9.82. The first-order valence-corrected chi connectivity index (χ1v) is 12.9. The molecule has 5 nitrogen and oxygen atoms in total. The number of hydrogen-bond donors (Lipinski definition) is 1. The highest BCUT2D eigenvalue weighted by molar-refractivity contribution is 7.93. The molecule has 0 aromatic carbocycles. The number of carbonyl (C=O) groups is 1. The third kappa shape index (κ3) is 4.06. The molecule has 1 N–H and O–H groups in total. The molecule has 164 valence electrons. The standard InChI is InChI=1S/C23H37NO4S/c1-23-11-10-15(25)12-20(23)21(28-29-2)13-18-17-7-6-14(4-3-5-22(26)24-27)16(17)8-9-19(18)23/h14-21,25H,3-13H2,1-2H3. The Balaban J connectivity index is 1.47. The van der Waals surface area contributed by atoms with E-state index in [1.807, 2.05) is 6.26 Å². The van der Waals surface area contributed by atoms with E-state index in [1.165, 1.54) is 37.7 Å². The predicted molar refractivity (Wildman–Crippen MR) is 115 cm³/mol. The van der Waals surface area contributed by atoms with Crippen LogP contribution in [0.5, 0.6) is 0 Å². The van der Waals surface area contributed by atoms with Gasteiger partial charge >= 0.3 is 0 Å². The lowest BCUT2D eigenvalue weighted by Crippen LogP contribution is -2.57. The number of rotatable bonds is 6. The molecule has 0 bridgehead atoms. The highest BCUT2D eigenvalue weighted by atomic mass is 32.2. The van der Waals surface area contributed by atoms with Gasteiger partial charge in [0.15, 0.2) is 0 Å². The fraction of sp³-hybridized carbons (Fsp3) is 0.957. The van der Waals surface area contributed by atoms with Crippen molar-refractivity contribution in [3.8, 4) is 0 Å². The fourth-order valence-electron chi connectivity index (χ4n) is 8.17. The van der Waals surface area contributed by atoms with Crippen LogP contribution in [0.4, 0.5) is 0 Å². The highest BCUT2D eigenvalue weighted by Crippen LogP contribution is 2.64. The van der Waals surface area contributed by atoms with E-state index >= 15 is 0 Å². The molecule has 4 aliphatic carbocycles. The summed E-state index contributed by atoms with van der Waals surface area (Å²) in [5.41, 5.74) is 0.299. The van der Waals surface area contributed by atoms with Crippen molar-refractivity contribution in [1.29, 1.82) is 0 Å². The van der Waals surface area contributed by atoms with Crippen LogP contribution in [0.25, 0.3) is 0 Å². The van der Waals surface area contributed by atoms with Crippen LogP contribution in [0.15, 0.2) is 5.18 Å². The van der Waals surface area contributed by atoms with E-state index in [0.717, 1.165) is 62.2 Å². The molecular formula is C23H37NO4S. The molecule has 9 atom stereocenters. The van der Waals surface area contributed by atoms with Gasteiger partial charge in [-0.1, -0.05) is 6.92 Å². The molecule has 4 fully saturated rings. The molecule has 29 heavy (non-hydrogen) atoms. The van der Waals surface area contributed by atoms with E-state index in [-0.39, 0.29) is 12.2 Å². The minimum Gasteiger partial charge on any atom is -0.393 e. The van der Waals surface area contributed by atoms with Crippen molar-refractivity contribution >= 4 is 17.9 Å². The molecule has 0 radical (unpaired) electrons. The summed E-state index contributed by atoms with van der Waals surface area (Å²) >= 11 is 1.50. The number of nitroso groups, excluding NO2 is 1. The van der Waals surface area contributed by atoms with Gasteiger partial charge in [0.25, 0.3) is 5.91 Å². The zero-order valence-electron chi connectivity index (χ0n) is 17.9. The van der Waals surface area contributed by atoms with E-state index in [2.05, 4.69) is 12.1 Å². The molecule has 0 aromatic heterocycles. The van der Waals surface area contributed by atoms with Crippen molar-refractivity contribution in [2.75, 3.05) is 6.26 Å². The van der Waals surface area contributed by atoms with Crippen LogP contribution >= 0.6 is 12.0 Å². The number of fused-ring (bicyclic) bond motifs is 5. The second-order valence-electron chi connectivity index (χ2n) is 10.5. The van der Waals surface area contributed by atoms with Crippen LogP contribution in [-0.2, 0) is 8.98 Å². The summed E-state index contributed by atoms with van der Waals surface area (Å²) in [7, 11) is 0. The lowest BCUT2D eigenvalue weighted by atomic mass is 9.46. The SMILES string of the molecule is CSOC1CC2C3CCC(CCCC(=O)N=O)C3CCC2C2(C)CCC(O)CC12. The summed E-state index contributed by atoms with van der Waals surface area (Å²) in [6.07, 6.45) is 13.7. The average Bonchev–Trinajstić information content (AvgIpc) is 3.13. The van der Waals surface area contributed by atoms with E-state index in [4.69, 9.17) is 4.18 Å². The van der Waals surface area contributed by atoms with Crippen molar-refractivity contribution in [3.05, 3.63) is 4.91 Å². The van der Waals surface area contributed by atoms with Gasteiger partial charge < -0.3 is 9.29 Å². The zero-order valence-corrected chi connectivity index (χ0v) is 18.7. The second-order valence-corrected chi connectivity index (χ2v) is 11.0. The molecule has 4 aliphatic rings. The minimum absolute atomic E-state index is 0.159. The van der Waals surface area contributed by atoms with Gasteiger partial charge in [0.2, 0.25) is 0 Å². The Kier molecular flexibility index (Phi) is 6.72. The molecule has 4 rings (SSSR count). The Bertz CT molecular complexity index is 616. The first-order valence-electron chi connectivity index (χ1n) is 11.7. The monoisotopic (exact) mass is 423 g/mol. The van der Waals surface area contributed by atoms with Crippen LogP contribution in [0.2, 0.25) is 0 Å². The van der Waals surface area contributed by atoms with Crippen LogP contribution in [0.3, 0.4) is 0 Å². The Labute approximate surface area is 179 Å². The molecule has 0 spiro atoms. The molecule has 0 heterocycles. The van der Waals surface area contributed by atoms with E-state index in [0.29, 0.717) is 23.7 Å². The van der Waals surface area contributed by atoms with Gasteiger partial charge in [-0.05, 0) is 117 Å². The van der Waals surface area contributed by atoms with Gasteiger partial charge in [-0.15, -0.1) is 4.91 Å². The fourth-order valence-corrected chi connectivity index (χ4v) is 8.63. The highest BCUT2D eigenvalue weighted by Gasteiger charge is 2.59. The second kappa shape index (κ2) is 8.96. The van der Waals surface area contributed by atoms with Gasteiger partial charge in [0.05, 0.1) is 12.2 Å². The summed E-state index contributed by atoms with van der Waals surface area (Å²) in [6.45, 7) is 2.50. The Hall–Kier alpha value is -0.460. The lowest BCUT2D eigenvalue weighted by molar-refractivity contribution is -0.149. The Morgan fingerprint density at radius 2 is 1.90 bits per heavy atom. The van der Waals surface area contributed by atoms with Gasteiger partial charge in [-0.25, -0.2) is 0 Å². The van der Waals surface area contributed by atoms with Gasteiger partial charge in [0, 0.05) is 17.9 Å². The molecule has 6 heteroatoms. The number of carbonyl (C=O) groups excluding carboxylic acids is 1. The molecular weight excluding hydrogens is 386 g/mol. The van der Waals surface area contributed by atoms with Crippen LogP contribution in [-0.4, -0.2) is 29.5 Å². The number of nitrogens with zero attached hydrogens (tertiary/aromatic N) is 1. The summed E-state index contributed by atoms with van der Waals surface area (Å²) < 4.78 is 6.22. The van der Waals surface area contributed by atoms with Crippen molar-refractivity contribution < 1.29 is 14.1 Å². The van der Waals surface area contributed by atoms with Crippen molar-refractivity contribution in [1.82, 2.24) is 0 Å². The van der Waals surface area contributed by atoms with Gasteiger partial charge in [-0.3, -0.25) is 4.79 Å². The van der Waals surface area contributed by atoms with E-state index < -0.39 is 5.91 Å². The molecule has 1 amide bonds. The maximum Gasteiger partial charge on any atom is 0.286 e. The normalized spacial score (nSPS) is 46.4. The quantitative estimate of drug-likeness (QED) is 0.460. The van der Waals surface area contributed by atoms with Crippen LogP contribution < -0.4 is 0 Å². The number of aliphatic hydroxyl groups excluding tert-OH is 1. The maximum atomic E-state index is 11.2. The topological polar surface area (TPSA) is 76.0 Å². The predicted octanol–water partition coefficient (Wildman–Crippen LogP) is 5.35. The first-order chi connectivity index (χ1) is 14.0. The molecule has 0 aromatic rings. The van der Waals surface area contributed by atoms with Crippen molar-refractivity contribution in [2.45, 2.75) is 89.8 Å². The smallest absolute Gasteiger partial charge is 0.286 e. The van der Waals surface area contributed by atoms with Crippen molar-refractivity contribution in [3.63, 3.8) is 0 Å². The van der Waals surface area contributed by atoms with E-state index in [9.17, 15) is 14.8 Å². The maximum absolute atomic E-state index is 11.2. The summed E-state index contributed by atoms with van der Waals surface area (Å²) in [5.74, 6) is 3.77. The minimum atomic E-state index is -0.494. The number of amides is 1. The number of hydrogen-bond acceptors (Lipinski definition) is 5. The van der Waals surface area contributed by atoms with E-state index in [1.54, 1.807) is 0 Å². The molecule has 9 unspecified atom stereocenters. The molecule has 4 saturated carbocycles. The van der Waals surface area contributed by atoms with Gasteiger partial charge in [0.1, 0.15) is 0 Å². The average molecular weight is 424 g/mol. The lowest BCUT2D eigenvalue weighted by Gasteiger charge is -2.60. The summed E-state index contributed by atoms with van der Waals surface area (Å²) in [5, 5.41) is 12.9.